The van der Waals surface area contributed by atoms with Gasteiger partial charge in [0.1, 0.15) is 0 Å². The molecule has 1 rings (SSSR count). The largest absolute Gasteiger partial charge is 0.272 e. The summed E-state index contributed by atoms with van der Waals surface area (Å²) in [6.07, 6.45) is 0. The van der Waals surface area contributed by atoms with Crippen molar-refractivity contribution in [2.24, 2.45) is 0 Å². The van der Waals surface area contributed by atoms with Crippen molar-refractivity contribution < 1.29 is 14.5 Å². The molecule has 0 aliphatic heterocycles. The average Bonchev–Trinajstić information content (AvgIpc) is 2.35. The molecule has 0 bridgehead atoms. The van der Waals surface area contributed by atoms with Crippen LogP contribution in [0, 0.1) is 10.1 Å². The van der Waals surface area contributed by atoms with E-state index in [9.17, 15) is 19.7 Å². The van der Waals surface area contributed by atoms with E-state index in [4.69, 9.17) is 0 Å². The molecule has 0 saturated heterocycles. The van der Waals surface area contributed by atoms with Crippen LogP contribution < -0.4 is 10.9 Å². The molecule has 96 valence electrons. The number of hydrogen-bond donors (Lipinski definition) is 2. The van der Waals surface area contributed by atoms with Gasteiger partial charge in [0, 0.05) is 17.7 Å². The molecule has 0 saturated carbocycles. The summed E-state index contributed by atoms with van der Waals surface area (Å²) < 4.78 is 0. The summed E-state index contributed by atoms with van der Waals surface area (Å²) in [4.78, 5) is 32.1. The Morgan fingerprint density at radius 1 is 1.28 bits per heavy atom. The number of nitrogens with zero attached hydrogens (tertiary/aromatic N) is 1. The Hall–Kier alpha value is -1.96. The summed E-state index contributed by atoms with van der Waals surface area (Å²) in [7, 11) is 0. The maximum Gasteiger partial charge on any atom is 0.269 e. The van der Waals surface area contributed by atoms with Gasteiger partial charge in [-0.2, -0.15) is 0 Å². The highest BCUT2D eigenvalue weighted by molar-refractivity contribution is 9.10. The number of amides is 2. The van der Waals surface area contributed by atoms with Crippen LogP contribution in [0.15, 0.2) is 24.3 Å². The molecule has 0 aromatic heterocycles. The lowest BCUT2D eigenvalue weighted by Gasteiger charge is -2.08. The lowest BCUT2D eigenvalue weighted by atomic mass is 10.2. The van der Waals surface area contributed by atoms with Gasteiger partial charge < -0.3 is 0 Å². The van der Waals surface area contributed by atoms with E-state index in [2.05, 4.69) is 26.8 Å². The van der Waals surface area contributed by atoms with Crippen molar-refractivity contribution in [1.82, 2.24) is 10.9 Å². The van der Waals surface area contributed by atoms with Gasteiger partial charge in [0.05, 0.1) is 9.75 Å². The molecule has 18 heavy (non-hydrogen) atoms. The molecule has 0 fully saturated rings. The fraction of sp³-hybridized carbons (Fsp3) is 0.200. The number of hydrazine groups is 1. The van der Waals surface area contributed by atoms with Gasteiger partial charge in [-0.15, -0.1) is 0 Å². The van der Waals surface area contributed by atoms with Crippen molar-refractivity contribution in [3.63, 3.8) is 0 Å². The van der Waals surface area contributed by atoms with Crippen molar-refractivity contribution in [2.45, 2.75) is 11.8 Å². The zero-order chi connectivity index (χ0) is 13.7. The van der Waals surface area contributed by atoms with Crippen molar-refractivity contribution in [2.75, 3.05) is 0 Å². The molecule has 2 N–H and O–H groups in total. The molecule has 0 aliphatic carbocycles. The van der Waals surface area contributed by atoms with Gasteiger partial charge in [0.25, 0.3) is 17.5 Å². The summed E-state index contributed by atoms with van der Waals surface area (Å²) in [5.74, 6) is -0.948. The van der Waals surface area contributed by atoms with Crippen LogP contribution in [-0.4, -0.2) is 21.6 Å². The van der Waals surface area contributed by atoms with E-state index < -0.39 is 21.6 Å². The summed E-state index contributed by atoms with van der Waals surface area (Å²) in [5.41, 5.74) is 4.49. The standard InChI is InChI=1S/C10H10BrN3O4/c1-6(11)9(15)12-13-10(16)7-2-4-8(5-3-7)14(17)18/h2-6H,1H3,(H,12,15)(H,13,16). The van der Waals surface area contributed by atoms with Gasteiger partial charge in [0.15, 0.2) is 0 Å². The first-order valence-corrected chi connectivity index (χ1v) is 5.82. The monoisotopic (exact) mass is 315 g/mol. The van der Waals surface area contributed by atoms with Crippen LogP contribution in [0.2, 0.25) is 0 Å². The third-order valence-electron chi connectivity index (χ3n) is 2.00. The Morgan fingerprint density at radius 2 is 1.83 bits per heavy atom. The minimum atomic E-state index is -0.560. The number of nitro benzene ring substituents is 1. The SMILES string of the molecule is CC(Br)C(=O)NNC(=O)c1ccc([N+](=O)[O-])cc1. The lowest BCUT2D eigenvalue weighted by molar-refractivity contribution is -0.384. The van der Waals surface area contributed by atoms with E-state index in [1.165, 1.54) is 24.3 Å². The summed E-state index contributed by atoms with van der Waals surface area (Å²) in [5, 5.41) is 10.4. The maximum absolute atomic E-state index is 11.5. The first-order valence-electron chi connectivity index (χ1n) is 4.90. The Labute approximate surface area is 111 Å². The minimum absolute atomic E-state index is 0.107. The highest BCUT2D eigenvalue weighted by Gasteiger charge is 2.12. The van der Waals surface area contributed by atoms with Crippen LogP contribution in [0.4, 0.5) is 5.69 Å². The second-order valence-electron chi connectivity index (χ2n) is 3.36. The molecule has 0 spiro atoms. The molecule has 2 amide bonds. The summed E-state index contributed by atoms with van der Waals surface area (Å²) >= 11 is 3.03. The predicted octanol–water partition coefficient (Wildman–Crippen LogP) is 1.14. The van der Waals surface area contributed by atoms with Crippen LogP contribution in [0.3, 0.4) is 0 Å². The molecule has 7 nitrogen and oxygen atoms in total. The number of rotatable bonds is 3. The molecule has 1 aromatic carbocycles. The second-order valence-corrected chi connectivity index (χ2v) is 4.74. The van der Waals surface area contributed by atoms with Gasteiger partial charge >= 0.3 is 0 Å². The van der Waals surface area contributed by atoms with E-state index in [1.807, 2.05) is 0 Å². The number of halogens is 1. The Morgan fingerprint density at radius 3 is 2.28 bits per heavy atom. The number of benzene rings is 1. The Bertz CT molecular complexity index is 473. The Balaban J connectivity index is 2.62. The van der Waals surface area contributed by atoms with Crippen LogP contribution in [0.5, 0.6) is 0 Å². The van der Waals surface area contributed by atoms with E-state index in [-0.39, 0.29) is 11.3 Å². The molecule has 8 heteroatoms. The number of nitrogens with one attached hydrogen (secondary N) is 2. The molecular formula is C10H10BrN3O4. The molecule has 0 heterocycles. The normalized spacial score (nSPS) is 11.4. The minimum Gasteiger partial charge on any atom is -0.272 e. The quantitative estimate of drug-likeness (QED) is 0.496. The topological polar surface area (TPSA) is 101 Å². The molecule has 0 radical (unpaired) electrons. The summed E-state index contributed by atoms with van der Waals surface area (Å²) in [6.45, 7) is 1.60. The van der Waals surface area contributed by atoms with Crippen LogP contribution in [-0.2, 0) is 4.79 Å². The number of carbonyl (C=O) groups excluding carboxylic acids is 2. The first-order chi connectivity index (χ1) is 8.41. The van der Waals surface area contributed by atoms with Gasteiger partial charge in [0.2, 0.25) is 0 Å². The Kier molecular flexibility index (Phi) is 4.78. The van der Waals surface area contributed by atoms with Gasteiger partial charge in [-0.05, 0) is 19.1 Å². The predicted molar refractivity (Wildman–Crippen MR) is 67.1 cm³/mol. The van der Waals surface area contributed by atoms with Gasteiger partial charge in [-0.25, -0.2) is 0 Å². The van der Waals surface area contributed by atoms with Crippen LogP contribution >= 0.6 is 15.9 Å². The molecule has 1 atom stereocenters. The van der Waals surface area contributed by atoms with Crippen molar-refractivity contribution >= 4 is 33.4 Å². The highest BCUT2D eigenvalue weighted by Crippen LogP contribution is 2.11. The number of nitro groups is 1. The third kappa shape index (κ3) is 3.81. The van der Waals surface area contributed by atoms with E-state index in [1.54, 1.807) is 6.92 Å². The second kappa shape index (κ2) is 6.10. The van der Waals surface area contributed by atoms with Crippen molar-refractivity contribution in [3.05, 3.63) is 39.9 Å². The summed E-state index contributed by atoms with van der Waals surface area (Å²) in [6, 6.07) is 5.03. The molecule has 0 aliphatic rings. The van der Waals surface area contributed by atoms with Crippen molar-refractivity contribution in [3.8, 4) is 0 Å². The zero-order valence-corrected chi connectivity index (χ0v) is 10.9. The lowest BCUT2D eigenvalue weighted by Crippen LogP contribution is -2.44. The van der Waals surface area contributed by atoms with E-state index in [0.29, 0.717) is 0 Å². The van der Waals surface area contributed by atoms with Crippen molar-refractivity contribution in [1.29, 1.82) is 0 Å². The van der Waals surface area contributed by atoms with Gasteiger partial charge in [-0.1, -0.05) is 15.9 Å². The fourth-order valence-electron chi connectivity index (χ4n) is 1.02. The maximum atomic E-state index is 11.5. The van der Waals surface area contributed by atoms with E-state index in [0.717, 1.165) is 0 Å². The third-order valence-corrected chi connectivity index (χ3v) is 2.42. The van der Waals surface area contributed by atoms with Crippen LogP contribution in [0.1, 0.15) is 17.3 Å². The number of carbonyl (C=O) groups is 2. The number of alkyl halides is 1. The smallest absolute Gasteiger partial charge is 0.269 e. The number of hydrogen-bond acceptors (Lipinski definition) is 4. The average molecular weight is 316 g/mol. The molecule has 1 unspecified atom stereocenters. The first kappa shape index (κ1) is 14.1. The zero-order valence-electron chi connectivity index (χ0n) is 9.34. The number of non-ortho nitro benzene ring substituents is 1. The van der Waals surface area contributed by atoms with Crippen LogP contribution in [0.25, 0.3) is 0 Å². The van der Waals surface area contributed by atoms with E-state index >= 15 is 0 Å². The highest BCUT2D eigenvalue weighted by atomic mass is 79.9. The molecular weight excluding hydrogens is 306 g/mol. The van der Waals surface area contributed by atoms with Gasteiger partial charge in [-0.3, -0.25) is 30.6 Å². The fourth-order valence-corrected chi connectivity index (χ4v) is 1.14. The molecule has 1 aromatic rings.